The van der Waals surface area contributed by atoms with Crippen LogP contribution >= 0.6 is 11.6 Å². The van der Waals surface area contributed by atoms with Crippen LogP contribution in [-0.4, -0.2) is 69.7 Å². The average Bonchev–Trinajstić information content (AvgIpc) is 3.27. The lowest BCUT2D eigenvalue weighted by Crippen LogP contribution is -2.55. The van der Waals surface area contributed by atoms with E-state index >= 15 is 0 Å². The number of fused-ring (bicyclic) bond motifs is 1. The van der Waals surface area contributed by atoms with Crippen molar-refractivity contribution in [2.45, 2.75) is 58.5 Å². The van der Waals surface area contributed by atoms with Gasteiger partial charge in [0.1, 0.15) is 18.0 Å². The molecule has 1 aromatic carbocycles. The van der Waals surface area contributed by atoms with E-state index in [0.717, 1.165) is 11.1 Å². The first kappa shape index (κ1) is 26.6. The number of carbonyl (C=O) groups is 2. The number of hydrogen-bond acceptors (Lipinski definition) is 9. The zero-order valence-corrected chi connectivity index (χ0v) is 22.1. The third kappa shape index (κ3) is 6.87. The second-order valence-electron chi connectivity index (χ2n) is 10.2. The highest BCUT2D eigenvalue weighted by Crippen LogP contribution is 2.32. The highest BCUT2D eigenvalue weighted by molar-refractivity contribution is 6.28. The van der Waals surface area contributed by atoms with Gasteiger partial charge in [-0.25, -0.2) is 14.8 Å². The first-order chi connectivity index (χ1) is 17.6. The quantitative estimate of drug-likeness (QED) is 0.412. The maximum atomic E-state index is 12.7. The zero-order chi connectivity index (χ0) is 26.6. The lowest BCUT2D eigenvalue weighted by molar-refractivity contribution is -0.147. The summed E-state index contributed by atoms with van der Waals surface area (Å²) in [5.41, 5.74) is 1.82. The van der Waals surface area contributed by atoms with E-state index in [4.69, 9.17) is 21.1 Å². The van der Waals surface area contributed by atoms with Crippen LogP contribution in [0.15, 0.2) is 30.3 Å². The van der Waals surface area contributed by atoms with Gasteiger partial charge >= 0.3 is 12.1 Å². The van der Waals surface area contributed by atoms with Crippen molar-refractivity contribution in [3.8, 4) is 6.07 Å². The maximum Gasteiger partial charge on any atom is 0.410 e. The Kier molecular flexibility index (Phi) is 8.15. The Bertz CT molecular complexity index is 1180. The Balaban J connectivity index is 1.43. The molecule has 2 aliphatic heterocycles. The minimum absolute atomic E-state index is 0.0993. The van der Waals surface area contributed by atoms with E-state index in [2.05, 4.69) is 20.9 Å². The van der Waals surface area contributed by atoms with Crippen LogP contribution in [0.3, 0.4) is 0 Å². The van der Waals surface area contributed by atoms with E-state index in [-0.39, 0.29) is 43.4 Å². The molecule has 4 rings (SSSR count). The van der Waals surface area contributed by atoms with E-state index in [1.54, 1.807) is 4.90 Å². The third-order valence-corrected chi connectivity index (χ3v) is 6.36. The summed E-state index contributed by atoms with van der Waals surface area (Å²) in [7, 11) is 0. The lowest BCUT2D eigenvalue weighted by Gasteiger charge is -2.41. The van der Waals surface area contributed by atoms with E-state index in [1.807, 2.05) is 56.0 Å². The zero-order valence-electron chi connectivity index (χ0n) is 21.3. The van der Waals surface area contributed by atoms with Crippen molar-refractivity contribution in [2.24, 2.45) is 0 Å². The van der Waals surface area contributed by atoms with Crippen LogP contribution in [-0.2, 0) is 34.0 Å². The molecular formula is C26H31ClN6O4. The van der Waals surface area contributed by atoms with Gasteiger partial charge in [-0.05, 0) is 37.9 Å². The van der Waals surface area contributed by atoms with Crippen molar-refractivity contribution in [3.63, 3.8) is 0 Å². The molecule has 10 nitrogen and oxygen atoms in total. The fraction of sp³-hybridized carbons (Fsp3) is 0.500. The topological polar surface area (TPSA) is 112 Å². The number of amides is 1. The number of nitriles is 1. The highest BCUT2D eigenvalue weighted by atomic mass is 35.5. The Morgan fingerprint density at radius 1 is 1.16 bits per heavy atom. The predicted octanol–water partition coefficient (Wildman–Crippen LogP) is 3.53. The van der Waals surface area contributed by atoms with Crippen LogP contribution in [0.2, 0.25) is 5.28 Å². The molecule has 1 amide bonds. The van der Waals surface area contributed by atoms with Crippen LogP contribution in [0.1, 0.15) is 44.0 Å². The van der Waals surface area contributed by atoms with Gasteiger partial charge in [0.2, 0.25) is 5.28 Å². The predicted molar refractivity (Wildman–Crippen MR) is 137 cm³/mol. The Morgan fingerprint density at radius 3 is 2.62 bits per heavy atom. The molecule has 0 spiro atoms. The first-order valence-corrected chi connectivity index (χ1v) is 12.6. The fourth-order valence-electron chi connectivity index (χ4n) is 4.47. The SMILES string of the molecule is CC(C)(C)OC(=O)N1Cc2nc(Cl)nc(N3CCN(CC(=O)OCc4ccccc4)[C@@H](CC#N)C3)c2C1. The number of carbonyl (C=O) groups excluding carboxylic acids is 2. The van der Waals surface area contributed by atoms with Gasteiger partial charge in [-0.1, -0.05) is 30.3 Å². The van der Waals surface area contributed by atoms with Crippen LogP contribution in [0, 0.1) is 11.3 Å². The number of benzene rings is 1. The molecule has 0 aliphatic carbocycles. The normalized spacial score (nSPS) is 17.8. The summed E-state index contributed by atoms with van der Waals surface area (Å²) < 4.78 is 11.0. The number of halogens is 1. The van der Waals surface area contributed by atoms with Gasteiger partial charge in [-0.2, -0.15) is 5.26 Å². The molecule has 0 saturated carbocycles. The smallest absolute Gasteiger partial charge is 0.410 e. The molecule has 0 N–H and O–H groups in total. The van der Waals surface area contributed by atoms with Gasteiger partial charge in [0.25, 0.3) is 0 Å². The molecule has 1 aromatic heterocycles. The number of ether oxygens (including phenoxy) is 2. The van der Waals surface area contributed by atoms with Crippen LogP contribution < -0.4 is 4.90 Å². The van der Waals surface area contributed by atoms with Crippen molar-refractivity contribution in [2.75, 3.05) is 31.1 Å². The number of nitrogens with zero attached hydrogens (tertiary/aromatic N) is 6. The summed E-state index contributed by atoms with van der Waals surface area (Å²) in [5, 5.41) is 9.55. The van der Waals surface area contributed by atoms with E-state index in [9.17, 15) is 14.9 Å². The molecule has 196 valence electrons. The number of piperazine rings is 1. The van der Waals surface area contributed by atoms with Crippen molar-refractivity contribution >= 4 is 29.5 Å². The molecule has 2 aromatic rings. The third-order valence-electron chi connectivity index (χ3n) is 6.19. The van der Waals surface area contributed by atoms with Gasteiger partial charge in [0, 0.05) is 31.2 Å². The van der Waals surface area contributed by atoms with Gasteiger partial charge in [0.05, 0.1) is 37.8 Å². The van der Waals surface area contributed by atoms with Crippen molar-refractivity contribution < 1.29 is 19.1 Å². The molecular weight excluding hydrogens is 496 g/mol. The molecule has 11 heteroatoms. The van der Waals surface area contributed by atoms with Gasteiger partial charge in [-0.3, -0.25) is 14.6 Å². The Labute approximate surface area is 221 Å². The standard InChI is InChI=1S/C26H31ClN6O4/c1-26(2,3)37-25(35)33-14-20-21(15-33)29-24(27)30-23(20)32-12-11-31(19(13-32)9-10-28)16-22(34)36-17-18-7-5-4-6-8-18/h4-8,19H,9,11-17H2,1-3H3/t19-/m0/s1. The number of aromatic nitrogens is 2. The molecule has 37 heavy (non-hydrogen) atoms. The number of esters is 1. The first-order valence-electron chi connectivity index (χ1n) is 12.2. The summed E-state index contributed by atoms with van der Waals surface area (Å²) >= 11 is 6.25. The minimum atomic E-state index is -0.610. The second kappa shape index (κ2) is 11.3. The number of hydrogen-bond donors (Lipinski definition) is 0. The van der Waals surface area contributed by atoms with Gasteiger partial charge in [-0.15, -0.1) is 0 Å². The van der Waals surface area contributed by atoms with E-state index < -0.39 is 11.7 Å². The van der Waals surface area contributed by atoms with Gasteiger partial charge < -0.3 is 14.4 Å². The second-order valence-corrected chi connectivity index (χ2v) is 10.5. The molecule has 1 fully saturated rings. The number of anilines is 1. The van der Waals surface area contributed by atoms with Crippen LogP contribution in [0.4, 0.5) is 10.6 Å². The molecule has 1 saturated heterocycles. The van der Waals surface area contributed by atoms with Crippen molar-refractivity contribution in [1.82, 2.24) is 19.8 Å². The Morgan fingerprint density at radius 2 is 1.92 bits per heavy atom. The molecule has 3 heterocycles. The summed E-state index contributed by atoms with van der Waals surface area (Å²) in [6, 6.07) is 11.5. The monoisotopic (exact) mass is 526 g/mol. The fourth-order valence-corrected chi connectivity index (χ4v) is 4.65. The average molecular weight is 527 g/mol. The number of rotatable bonds is 6. The minimum Gasteiger partial charge on any atom is -0.460 e. The summed E-state index contributed by atoms with van der Waals surface area (Å²) in [4.78, 5) is 39.6. The molecule has 0 radical (unpaired) electrons. The summed E-state index contributed by atoms with van der Waals surface area (Å²) in [6.07, 6.45) is -0.179. The van der Waals surface area contributed by atoms with E-state index in [0.29, 0.717) is 37.7 Å². The molecule has 0 unspecified atom stereocenters. The highest BCUT2D eigenvalue weighted by Gasteiger charge is 2.35. The molecule has 1 atom stereocenters. The summed E-state index contributed by atoms with van der Waals surface area (Å²) in [5.74, 6) is 0.314. The van der Waals surface area contributed by atoms with Crippen molar-refractivity contribution in [3.05, 3.63) is 52.4 Å². The maximum absolute atomic E-state index is 12.7. The summed E-state index contributed by atoms with van der Waals surface area (Å²) in [6.45, 7) is 7.96. The molecule has 2 aliphatic rings. The van der Waals surface area contributed by atoms with Crippen LogP contribution in [0.25, 0.3) is 0 Å². The lowest BCUT2D eigenvalue weighted by atomic mass is 10.1. The Hall–Kier alpha value is -3.42. The van der Waals surface area contributed by atoms with Crippen molar-refractivity contribution in [1.29, 1.82) is 5.26 Å². The van der Waals surface area contributed by atoms with E-state index in [1.165, 1.54) is 0 Å². The largest absolute Gasteiger partial charge is 0.460 e. The van der Waals surface area contributed by atoms with Gasteiger partial charge in [0.15, 0.2) is 0 Å². The van der Waals surface area contributed by atoms with Crippen LogP contribution in [0.5, 0.6) is 0 Å². The molecule has 0 bridgehead atoms.